The van der Waals surface area contributed by atoms with Gasteiger partial charge in [0.1, 0.15) is 12.2 Å². The van der Waals surface area contributed by atoms with E-state index in [1.165, 1.54) is 18.3 Å². The van der Waals surface area contributed by atoms with Gasteiger partial charge in [0.25, 0.3) is 11.8 Å². The molecule has 7 nitrogen and oxygen atoms in total. The van der Waals surface area contributed by atoms with Crippen LogP contribution in [-0.2, 0) is 14.3 Å². The number of aryl methyl sites for hydroxylation is 1. The van der Waals surface area contributed by atoms with Crippen LogP contribution in [0.25, 0.3) is 0 Å². The molecule has 26 heavy (non-hydrogen) atoms. The molecule has 0 saturated carbocycles. The number of hydrogen-bond donors (Lipinski definition) is 2. The zero-order chi connectivity index (χ0) is 19.1. The lowest BCUT2D eigenvalue weighted by Crippen LogP contribution is -2.32. The van der Waals surface area contributed by atoms with Crippen LogP contribution in [0.2, 0.25) is 10.0 Å². The molecule has 2 aromatic rings. The van der Waals surface area contributed by atoms with Crippen LogP contribution in [0.15, 0.2) is 36.5 Å². The number of carbonyl (C=O) groups is 3. The fourth-order valence-corrected chi connectivity index (χ4v) is 2.18. The lowest BCUT2D eigenvalue weighted by molar-refractivity contribution is -0.146. The van der Waals surface area contributed by atoms with Crippen molar-refractivity contribution in [1.29, 1.82) is 0 Å². The van der Waals surface area contributed by atoms with E-state index in [9.17, 15) is 14.4 Å². The molecule has 9 heteroatoms. The second-order valence-corrected chi connectivity index (χ2v) is 6.06. The number of carbonyl (C=O) groups excluding carboxylic acids is 3. The Bertz CT molecular complexity index is 843. The first-order valence-electron chi connectivity index (χ1n) is 7.46. The van der Waals surface area contributed by atoms with Gasteiger partial charge in [0.05, 0.1) is 0 Å². The van der Waals surface area contributed by atoms with Gasteiger partial charge < -0.3 is 15.4 Å². The Hall–Kier alpha value is -2.64. The minimum absolute atomic E-state index is 0.0688. The van der Waals surface area contributed by atoms with Crippen LogP contribution < -0.4 is 10.6 Å². The van der Waals surface area contributed by atoms with Gasteiger partial charge in [0.2, 0.25) is 0 Å². The number of halogens is 2. The third-order valence-corrected chi connectivity index (χ3v) is 3.81. The molecule has 0 aliphatic rings. The van der Waals surface area contributed by atoms with E-state index in [2.05, 4.69) is 15.6 Å². The largest absolute Gasteiger partial charge is 0.454 e. The quantitative estimate of drug-likeness (QED) is 0.732. The van der Waals surface area contributed by atoms with Crippen molar-refractivity contribution in [2.75, 3.05) is 18.5 Å². The molecular formula is C17H15Cl2N3O4. The van der Waals surface area contributed by atoms with Gasteiger partial charge in [-0.1, -0.05) is 29.3 Å². The van der Waals surface area contributed by atoms with Gasteiger partial charge in [-0.25, -0.2) is 0 Å². The molecule has 0 fully saturated rings. The predicted molar refractivity (Wildman–Crippen MR) is 97.4 cm³/mol. The van der Waals surface area contributed by atoms with Gasteiger partial charge in [-0.05, 0) is 36.8 Å². The van der Waals surface area contributed by atoms with E-state index < -0.39 is 30.9 Å². The molecule has 136 valence electrons. The predicted octanol–water partition coefficient (Wildman–Crippen LogP) is 2.61. The number of nitrogens with one attached hydrogen (secondary N) is 2. The molecule has 0 radical (unpaired) electrons. The van der Waals surface area contributed by atoms with Crippen LogP contribution in [0.5, 0.6) is 0 Å². The van der Waals surface area contributed by atoms with Crippen LogP contribution in [0.1, 0.15) is 16.1 Å². The minimum atomic E-state index is -0.766. The van der Waals surface area contributed by atoms with Crippen molar-refractivity contribution in [3.05, 3.63) is 57.8 Å². The van der Waals surface area contributed by atoms with Crippen molar-refractivity contribution in [3.8, 4) is 0 Å². The highest BCUT2D eigenvalue weighted by Crippen LogP contribution is 2.19. The average molecular weight is 396 g/mol. The van der Waals surface area contributed by atoms with E-state index in [-0.39, 0.29) is 5.69 Å². The maximum atomic E-state index is 11.8. The number of ether oxygens (including phenoxy) is 1. The van der Waals surface area contributed by atoms with Crippen LogP contribution in [-0.4, -0.2) is 35.9 Å². The lowest BCUT2D eigenvalue weighted by atomic mass is 10.2. The molecule has 2 amide bonds. The molecule has 0 atom stereocenters. The van der Waals surface area contributed by atoms with E-state index in [1.807, 2.05) is 6.92 Å². The van der Waals surface area contributed by atoms with Gasteiger partial charge >= 0.3 is 5.97 Å². The standard InChI is InChI=1S/C17H15Cl2N3O4/c1-10-2-3-12(7-13(10)19)22-15(23)9-26-16(24)8-21-17(25)14-6-11(18)4-5-20-14/h2-7H,8-9H2,1H3,(H,21,25)(H,22,23). The van der Waals surface area contributed by atoms with Crippen LogP contribution in [0.3, 0.4) is 0 Å². The summed E-state index contributed by atoms with van der Waals surface area (Å²) in [6.07, 6.45) is 1.37. The van der Waals surface area contributed by atoms with Crippen molar-refractivity contribution in [1.82, 2.24) is 10.3 Å². The average Bonchev–Trinajstić information content (AvgIpc) is 2.61. The van der Waals surface area contributed by atoms with E-state index in [1.54, 1.807) is 18.2 Å². The maximum Gasteiger partial charge on any atom is 0.325 e. The summed E-state index contributed by atoms with van der Waals surface area (Å²) in [6.45, 7) is 0.940. The van der Waals surface area contributed by atoms with Crippen LogP contribution >= 0.6 is 23.2 Å². The second-order valence-electron chi connectivity index (χ2n) is 5.21. The summed E-state index contributed by atoms with van der Waals surface area (Å²) >= 11 is 11.7. The summed E-state index contributed by atoms with van der Waals surface area (Å²) in [5, 5.41) is 5.74. The Morgan fingerprint density at radius 3 is 2.62 bits per heavy atom. The van der Waals surface area contributed by atoms with Crippen molar-refractivity contribution in [2.45, 2.75) is 6.92 Å². The van der Waals surface area contributed by atoms with Crippen LogP contribution in [0.4, 0.5) is 5.69 Å². The number of esters is 1. The number of aromatic nitrogens is 1. The summed E-state index contributed by atoms with van der Waals surface area (Å²) in [6, 6.07) is 7.91. The molecule has 1 aromatic heterocycles. The minimum Gasteiger partial charge on any atom is -0.454 e. The number of pyridine rings is 1. The second kappa shape index (κ2) is 9.17. The van der Waals surface area contributed by atoms with E-state index in [0.717, 1.165) is 5.56 Å². The molecule has 1 heterocycles. The number of hydrogen-bond acceptors (Lipinski definition) is 5. The summed E-state index contributed by atoms with van der Waals surface area (Å²) in [5.41, 5.74) is 1.43. The smallest absolute Gasteiger partial charge is 0.325 e. The summed E-state index contributed by atoms with van der Waals surface area (Å²) in [5.74, 6) is -1.87. The summed E-state index contributed by atoms with van der Waals surface area (Å²) < 4.78 is 4.79. The SMILES string of the molecule is Cc1ccc(NC(=O)COC(=O)CNC(=O)c2cc(Cl)ccn2)cc1Cl. The number of nitrogens with zero attached hydrogens (tertiary/aromatic N) is 1. The monoisotopic (exact) mass is 395 g/mol. The molecule has 2 rings (SSSR count). The van der Waals surface area contributed by atoms with E-state index >= 15 is 0 Å². The molecule has 0 saturated heterocycles. The van der Waals surface area contributed by atoms with Gasteiger partial charge in [0.15, 0.2) is 6.61 Å². The topological polar surface area (TPSA) is 97.4 Å². The zero-order valence-corrected chi connectivity index (χ0v) is 15.2. The van der Waals surface area contributed by atoms with Gasteiger partial charge in [-0.15, -0.1) is 0 Å². The highest BCUT2D eigenvalue weighted by molar-refractivity contribution is 6.31. The Morgan fingerprint density at radius 2 is 1.92 bits per heavy atom. The third-order valence-electron chi connectivity index (χ3n) is 3.17. The molecule has 0 aliphatic heterocycles. The van der Waals surface area contributed by atoms with Gasteiger partial charge in [-0.3, -0.25) is 19.4 Å². The first kappa shape index (κ1) is 19.7. The van der Waals surface area contributed by atoms with Crippen molar-refractivity contribution in [3.63, 3.8) is 0 Å². The number of amides is 2. The lowest BCUT2D eigenvalue weighted by Gasteiger charge is -2.08. The fraction of sp³-hybridized carbons (Fsp3) is 0.176. The zero-order valence-electron chi connectivity index (χ0n) is 13.7. The Labute approximate surface area is 159 Å². The third kappa shape index (κ3) is 6.02. The molecule has 0 bridgehead atoms. The van der Waals surface area contributed by atoms with Crippen molar-refractivity contribution >= 4 is 46.7 Å². The first-order valence-corrected chi connectivity index (χ1v) is 8.22. The van der Waals surface area contributed by atoms with Gasteiger partial charge in [0, 0.05) is 21.9 Å². The Morgan fingerprint density at radius 1 is 1.15 bits per heavy atom. The molecule has 2 N–H and O–H groups in total. The highest BCUT2D eigenvalue weighted by atomic mass is 35.5. The molecular weight excluding hydrogens is 381 g/mol. The summed E-state index contributed by atoms with van der Waals surface area (Å²) in [7, 11) is 0. The normalized spacial score (nSPS) is 10.1. The van der Waals surface area contributed by atoms with Crippen molar-refractivity contribution < 1.29 is 19.1 Å². The van der Waals surface area contributed by atoms with Crippen LogP contribution in [0, 0.1) is 6.92 Å². The maximum absolute atomic E-state index is 11.8. The fourth-order valence-electron chi connectivity index (χ4n) is 1.84. The Balaban J connectivity index is 1.74. The van der Waals surface area contributed by atoms with Crippen molar-refractivity contribution in [2.24, 2.45) is 0 Å². The number of anilines is 1. The van der Waals surface area contributed by atoms with E-state index in [4.69, 9.17) is 27.9 Å². The highest BCUT2D eigenvalue weighted by Gasteiger charge is 2.12. The molecule has 0 spiro atoms. The number of rotatable bonds is 6. The summed E-state index contributed by atoms with van der Waals surface area (Å²) in [4.78, 5) is 39.0. The molecule has 0 unspecified atom stereocenters. The Kier molecular flexibility index (Phi) is 6.94. The molecule has 0 aliphatic carbocycles. The number of benzene rings is 1. The van der Waals surface area contributed by atoms with E-state index in [0.29, 0.717) is 15.7 Å². The molecule has 1 aromatic carbocycles. The van der Waals surface area contributed by atoms with Gasteiger partial charge in [-0.2, -0.15) is 0 Å². The first-order chi connectivity index (χ1) is 12.3.